The van der Waals surface area contributed by atoms with Gasteiger partial charge in [-0.05, 0) is 56.9 Å². The first-order valence-electron chi connectivity index (χ1n) is 11.4. The smallest absolute Gasteiger partial charge is 0.318 e. The number of unbranched alkanes of at least 4 members (excludes halogenated alkanes) is 1. The summed E-state index contributed by atoms with van der Waals surface area (Å²) in [5.41, 5.74) is 1.09. The first-order valence-corrected chi connectivity index (χ1v) is 12.2. The van der Waals surface area contributed by atoms with Crippen molar-refractivity contribution >= 4 is 28.2 Å². The Balaban J connectivity index is 1.73. The maximum Gasteiger partial charge on any atom is 0.318 e. The van der Waals surface area contributed by atoms with Crippen LogP contribution < -0.4 is 5.56 Å². The van der Waals surface area contributed by atoms with Crippen LogP contribution >= 0.6 is 11.3 Å². The zero-order valence-electron chi connectivity index (χ0n) is 19.0. The Morgan fingerprint density at radius 3 is 2.69 bits per heavy atom. The molecule has 0 unspecified atom stereocenters. The predicted molar refractivity (Wildman–Crippen MR) is 129 cm³/mol. The van der Waals surface area contributed by atoms with Gasteiger partial charge in [0.05, 0.1) is 24.1 Å². The molecule has 2 heterocycles. The van der Waals surface area contributed by atoms with Crippen molar-refractivity contribution in [1.82, 2.24) is 9.55 Å². The lowest BCUT2D eigenvalue weighted by molar-refractivity contribution is -0.149. The molecule has 168 valence electrons. The maximum absolute atomic E-state index is 13.5. The van der Waals surface area contributed by atoms with Gasteiger partial charge in [-0.15, -0.1) is 11.3 Å². The van der Waals surface area contributed by atoms with Gasteiger partial charge in [-0.2, -0.15) is 0 Å². The number of rotatable bonds is 8. The van der Waals surface area contributed by atoms with Gasteiger partial charge in [0, 0.05) is 16.2 Å². The minimum absolute atomic E-state index is 0.0109. The second-order valence-electron chi connectivity index (χ2n) is 8.44. The van der Waals surface area contributed by atoms with Gasteiger partial charge in [0.15, 0.2) is 0 Å². The third-order valence-electron chi connectivity index (χ3n) is 6.24. The molecule has 0 spiro atoms. The van der Waals surface area contributed by atoms with Crippen LogP contribution in [-0.2, 0) is 27.9 Å². The number of thiophene rings is 1. The van der Waals surface area contributed by atoms with E-state index in [4.69, 9.17) is 9.72 Å². The quantitative estimate of drug-likeness (QED) is 0.345. The van der Waals surface area contributed by atoms with Crippen LogP contribution in [0.3, 0.4) is 0 Å². The highest BCUT2D eigenvalue weighted by molar-refractivity contribution is 7.12. The average Bonchev–Trinajstić information content (AvgIpc) is 3.45. The molecular formula is C26H30N2O3S. The number of allylic oxidation sites excluding steroid dienone is 2. The molecular weight excluding hydrogens is 420 g/mol. The molecule has 0 saturated heterocycles. The molecule has 1 aliphatic carbocycles. The summed E-state index contributed by atoms with van der Waals surface area (Å²) in [5.74, 6) is 0.662. The molecule has 0 atom stereocenters. The number of benzene rings is 1. The van der Waals surface area contributed by atoms with Crippen LogP contribution in [0.25, 0.3) is 10.9 Å². The molecule has 0 fully saturated rings. The zero-order valence-corrected chi connectivity index (χ0v) is 19.8. The first-order chi connectivity index (χ1) is 15.5. The topological polar surface area (TPSA) is 61.2 Å². The van der Waals surface area contributed by atoms with Crippen molar-refractivity contribution in [3.63, 3.8) is 0 Å². The number of hydrogen-bond donors (Lipinski definition) is 0. The Morgan fingerprint density at radius 1 is 1.19 bits per heavy atom. The first kappa shape index (κ1) is 22.5. The summed E-state index contributed by atoms with van der Waals surface area (Å²) in [7, 11) is 0. The minimum atomic E-state index is -0.632. The van der Waals surface area contributed by atoms with Crippen LogP contribution in [-0.4, -0.2) is 22.1 Å². The fraction of sp³-hybridized carbons (Fsp3) is 0.423. The second-order valence-corrected chi connectivity index (χ2v) is 9.61. The van der Waals surface area contributed by atoms with E-state index in [1.165, 1.54) is 0 Å². The number of hydrogen-bond acceptors (Lipinski definition) is 5. The van der Waals surface area contributed by atoms with Crippen LogP contribution in [0, 0.1) is 6.92 Å². The van der Waals surface area contributed by atoms with Gasteiger partial charge in [0.1, 0.15) is 11.2 Å². The highest BCUT2D eigenvalue weighted by Crippen LogP contribution is 2.42. The Kier molecular flexibility index (Phi) is 6.60. The van der Waals surface area contributed by atoms with E-state index >= 15 is 0 Å². The van der Waals surface area contributed by atoms with Crippen molar-refractivity contribution in [2.75, 3.05) is 6.61 Å². The fourth-order valence-corrected chi connectivity index (χ4v) is 5.62. The third-order valence-corrected chi connectivity index (χ3v) is 7.51. The van der Waals surface area contributed by atoms with E-state index in [2.05, 4.69) is 19.1 Å². The van der Waals surface area contributed by atoms with Crippen molar-refractivity contribution in [1.29, 1.82) is 0 Å². The van der Waals surface area contributed by atoms with Crippen LogP contribution in [0.1, 0.15) is 60.7 Å². The number of aromatic nitrogens is 2. The molecule has 0 N–H and O–H groups in total. The molecule has 1 aromatic carbocycles. The highest BCUT2D eigenvalue weighted by atomic mass is 32.1. The summed E-state index contributed by atoms with van der Waals surface area (Å²) in [5, 5.41) is 0.688. The lowest BCUT2D eigenvalue weighted by Gasteiger charge is -2.25. The highest BCUT2D eigenvalue weighted by Gasteiger charge is 2.43. The summed E-state index contributed by atoms with van der Waals surface area (Å²) in [6.07, 6.45) is 8.22. The molecule has 0 saturated carbocycles. The van der Waals surface area contributed by atoms with E-state index < -0.39 is 5.41 Å². The van der Waals surface area contributed by atoms with E-state index in [0.717, 1.165) is 45.9 Å². The second kappa shape index (κ2) is 9.41. The van der Waals surface area contributed by atoms with E-state index in [9.17, 15) is 9.59 Å². The molecule has 0 aliphatic heterocycles. The lowest BCUT2D eigenvalue weighted by atomic mass is 9.84. The van der Waals surface area contributed by atoms with Gasteiger partial charge < -0.3 is 4.74 Å². The number of esters is 1. The predicted octanol–water partition coefficient (Wildman–Crippen LogP) is 5.31. The van der Waals surface area contributed by atoms with Crippen molar-refractivity contribution in [2.45, 2.75) is 64.8 Å². The third kappa shape index (κ3) is 4.04. The fourth-order valence-electron chi connectivity index (χ4n) is 4.43. The van der Waals surface area contributed by atoms with E-state index in [1.807, 2.05) is 48.7 Å². The summed E-state index contributed by atoms with van der Waals surface area (Å²) < 4.78 is 7.24. The number of aryl methyl sites for hydroxylation is 2. The number of carbonyl (C=O) groups is 1. The van der Waals surface area contributed by atoms with Crippen molar-refractivity contribution in [2.24, 2.45) is 0 Å². The Hall–Kier alpha value is -2.73. The normalized spacial score (nSPS) is 14.8. The molecule has 32 heavy (non-hydrogen) atoms. The SMILES string of the molecule is CCCCc1nc2cccc(C)c2c(=O)n1Cc1ccc(C2(C(=O)OCC)CC=CC2)s1. The number of fused-ring (bicyclic) bond motifs is 1. The molecule has 0 bridgehead atoms. The van der Waals surface area contributed by atoms with Gasteiger partial charge in [-0.1, -0.05) is 37.6 Å². The van der Waals surface area contributed by atoms with Gasteiger partial charge >= 0.3 is 5.97 Å². The summed E-state index contributed by atoms with van der Waals surface area (Å²) >= 11 is 1.60. The molecule has 5 nitrogen and oxygen atoms in total. The molecule has 0 amide bonds. The number of ether oxygens (including phenoxy) is 1. The maximum atomic E-state index is 13.5. The van der Waals surface area contributed by atoms with Crippen LogP contribution in [0.15, 0.2) is 47.3 Å². The summed E-state index contributed by atoms with van der Waals surface area (Å²) in [4.78, 5) is 33.2. The summed E-state index contributed by atoms with van der Waals surface area (Å²) in [6, 6.07) is 9.90. The monoisotopic (exact) mass is 450 g/mol. The van der Waals surface area contributed by atoms with E-state index in [1.54, 1.807) is 11.3 Å². The zero-order chi connectivity index (χ0) is 22.7. The van der Waals surface area contributed by atoms with Crippen molar-refractivity contribution in [3.8, 4) is 0 Å². The van der Waals surface area contributed by atoms with Crippen molar-refractivity contribution < 1.29 is 9.53 Å². The van der Waals surface area contributed by atoms with Crippen molar-refractivity contribution in [3.05, 3.63) is 74.0 Å². The Bertz CT molecular complexity index is 1210. The lowest BCUT2D eigenvalue weighted by Crippen LogP contribution is -2.34. The number of carbonyl (C=O) groups excluding carboxylic acids is 1. The van der Waals surface area contributed by atoms with Gasteiger partial charge in [0.2, 0.25) is 0 Å². The molecule has 1 aliphatic rings. The van der Waals surface area contributed by atoms with Crippen LogP contribution in [0.4, 0.5) is 0 Å². The standard InChI is InChI=1S/C26H30N2O3S/c1-4-6-12-22-27-20-11-9-10-18(3)23(20)24(29)28(22)17-19-13-14-21(32-19)26(15-7-8-16-26)25(30)31-5-2/h7-11,13-14H,4-6,12,15-17H2,1-3H3. The van der Waals surface area contributed by atoms with E-state index in [0.29, 0.717) is 31.4 Å². The minimum Gasteiger partial charge on any atom is -0.465 e. The largest absolute Gasteiger partial charge is 0.465 e. The van der Waals surface area contributed by atoms with E-state index in [-0.39, 0.29) is 11.5 Å². The average molecular weight is 451 g/mol. The molecule has 4 rings (SSSR count). The Labute approximate surface area is 192 Å². The van der Waals surface area contributed by atoms with Gasteiger partial charge in [-0.3, -0.25) is 14.2 Å². The molecule has 2 aromatic heterocycles. The van der Waals surface area contributed by atoms with Gasteiger partial charge in [-0.25, -0.2) is 4.98 Å². The molecule has 3 aromatic rings. The summed E-state index contributed by atoms with van der Waals surface area (Å²) in [6.45, 7) is 6.78. The van der Waals surface area contributed by atoms with Gasteiger partial charge in [0.25, 0.3) is 5.56 Å². The van der Waals surface area contributed by atoms with Crippen LogP contribution in [0.5, 0.6) is 0 Å². The van der Waals surface area contributed by atoms with Crippen LogP contribution in [0.2, 0.25) is 0 Å². The number of nitrogens with zero attached hydrogens (tertiary/aromatic N) is 2. The molecule has 6 heteroatoms. The Morgan fingerprint density at radius 2 is 1.97 bits per heavy atom. The molecule has 0 radical (unpaired) electrons.